The number of anilines is 2. The van der Waals surface area contributed by atoms with E-state index >= 15 is 0 Å². The van der Waals surface area contributed by atoms with Crippen molar-refractivity contribution >= 4 is 23.2 Å². The minimum atomic E-state index is -0.462. The average Bonchev–Trinajstić information content (AvgIpc) is 3.15. The van der Waals surface area contributed by atoms with E-state index < -0.39 is 5.82 Å². The number of nitrogens with zero attached hydrogens (tertiary/aromatic N) is 2. The number of hydrogen-bond acceptors (Lipinski definition) is 5. The van der Waals surface area contributed by atoms with Gasteiger partial charge in [-0.25, -0.2) is 4.39 Å². The van der Waals surface area contributed by atoms with Crippen molar-refractivity contribution in [1.29, 1.82) is 0 Å². The standard InChI is InChI=1S/C22H21ClFN3O3/c1-12-8-19(29-2)20(30-3)11-17(12)25-22-26-21(28)10-14-5-7-18(27(14)22)13-4-6-16(24)15(23)9-13/h4,6,8-11,18H,5,7H2,1-3H3,(H,25,26,28). The molecule has 2 aromatic carbocycles. The van der Waals surface area contributed by atoms with Crippen LogP contribution in [-0.4, -0.2) is 23.8 Å². The number of rotatable bonds is 5. The Morgan fingerprint density at radius 2 is 1.90 bits per heavy atom. The second-order valence-corrected chi connectivity index (χ2v) is 7.56. The predicted molar refractivity (Wildman–Crippen MR) is 114 cm³/mol. The third-order valence-corrected chi connectivity index (χ3v) is 5.62. The van der Waals surface area contributed by atoms with Crippen molar-refractivity contribution in [2.75, 3.05) is 19.5 Å². The van der Waals surface area contributed by atoms with Gasteiger partial charge in [0.2, 0.25) is 5.95 Å². The fourth-order valence-corrected chi connectivity index (χ4v) is 4.04. The molecule has 0 spiro atoms. The number of ether oxygens (including phenoxy) is 2. The van der Waals surface area contributed by atoms with E-state index in [0.717, 1.165) is 28.9 Å². The highest BCUT2D eigenvalue weighted by atomic mass is 35.5. The van der Waals surface area contributed by atoms with Gasteiger partial charge >= 0.3 is 0 Å². The van der Waals surface area contributed by atoms with Gasteiger partial charge in [0.15, 0.2) is 11.5 Å². The van der Waals surface area contributed by atoms with Gasteiger partial charge in [0.05, 0.1) is 25.3 Å². The van der Waals surface area contributed by atoms with Gasteiger partial charge in [-0.05, 0) is 49.1 Å². The van der Waals surface area contributed by atoms with Crippen molar-refractivity contribution in [1.82, 2.24) is 9.55 Å². The molecule has 0 bridgehead atoms. The zero-order chi connectivity index (χ0) is 21.4. The average molecular weight is 430 g/mol. The monoisotopic (exact) mass is 429 g/mol. The summed E-state index contributed by atoms with van der Waals surface area (Å²) in [5, 5.41) is 3.34. The van der Waals surface area contributed by atoms with Crippen LogP contribution in [0.15, 0.2) is 41.2 Å². The first-order valence-electron chi connectivity index (χ1n) is 9.48. The number of halogens is 2. The first-order valence-corrected chi connectivity index (χ1v) is 9.86. The summed E-state index contributed by atoms with van der Waals surface area (Å²) in [6.07, 6.45) is 1.46. The Labute approximate surface area is 178 Å². The van der Waals surface area contributed by atoms with Crippen LogP contribution in [0.3, 0.4) is 0 Å². The maximum Gasteiger partial charge on any atom is 0.274 e. The fraction of sp³-hybridized carbons (Fsp3) is 0.273. The van der Waals surface area contributed by atoms with E-state index in [1.165, 1.54) is 12.1 Å². The first-order chi connectivity index (χ1) is 14.4. The lowest BCUT2D eigenvalue weighted by Crippen LogP contribution is -2.19. The van der Waals surface area contributed by atoms with Gasteiger partial charge in [-0.1, -0.05) is 17.7 Å². The zero-order valence-electron chi connectivity index (χ0n) is 16.8. The smallest absolute Gasteiger partial charge is 0.274 e. The van der Waals surface area contributed by atoms with Crippen LogP contribution in [0.5, 0.6) is 11.5 Å². The summed E-state index contributed by atoms with van der Waals surface area (Å²) in [5.74, 6) is 1.13. The minimum absolute atomic E-state index is 0.0696. The Bertz CT molecular complexity index is 1180. The van der Waals surface area contributed by atoms with Gasteiger partial charge < -0.3 is 19.4 Å². The molecular formula is C22H21ClFN3O3. The lowest BCUT2D eigenvalue weighted by molar-refractivity contribution is 0.355. The van der Waals surface area contributed by atoms with E-state index in [2.05, 4.69) is 10.3 Å². The van der Waals surface area contributed by atoms with Crippen LogP contribution in [0, 0.1) is 12.7 Å². The molecule has 0 saturated carbocycles. The predicted octanol–water partition coefficient (Wildman–Crippen LogP) is 4.64. The van der Waals surface area contributed by atoms with Crippen molar-refractivity contribution in [3.63, 3.8) is 0 Å². The molecular weight excluding hydrogens is 409 g/mol. The van der Waals surface area contributed by atoms with Crippen LogP contribution in [0.25, 0.3) is 0 Å². The van der Waals surface area contributed by atoms with Crippen molar-refractivity contribution in [2.45, 2.75) is 25.8 Å². The maximum atomic E-state index is 13.7. The van der Waals surface area contributed by atoms with Crippen LogP contribution < -0.4 is 20.3 Å². The molecule has 2 heterocycles. The van der Waals surface area contributed by atoms with E-state index in [-0.39, 0.29) is 16.6 Å². The SMILES string of the molecule is COc1cc(C)c(Nc2nc(=O)cc3n2C(c2ccc(F)c(Cl)c2)CC3)cc1OC. The van der Waals surface area contributed by atoms with Crippen LogP contribution >= 0.6 is 11.6 Å². The van der Waals surface area contributed by atoms with Gasteiger partial charge in [0.1, 0.15) is 5.82 Å². The highest BCUT2D eigenvalue weighted by molar-refractivity contribution is 6.30. The second kappa shape index (κ2) is 7.99. The molecule has 1 aromatic heterocycles. The number of methoxy groups -OCH3 is 2. The summed E-state index contributed by atoms with van der Waals surface area (Å²) in [4.78, 5) is 16.4. The fourth-order valence-electron chi connectivity index (χ4n) is 3.85. The Hall–Kier alpha value is -3.06. The molecule has 6 nitrogen and oxygen atoms in total. The van der Waals surface area contributed by atoms with E-state index in [4.69, 9.17) is 21.1 Å². The first kappa shape index (κ1) is 20.2. The summed E-state index contributed by atoms with van der Waals surface area (Å²) in [6.45, 7) is 1.92. The molecule has 30 heavy (non-hydrogen) atoms. The Balaban J connectivity index is 1.79. The van der Waals surface area contributed by atoms with Crippen LogP contribution in [-0.2, 0) is 6.42 Å². The molecule has 0 aliphatic carbocycles. The summed E-state index contributed by atoms with van der Waals surface area (Å²) in [7, 11) is 3.14. The molecule has 1 N–H and O–H groups in total. The summed E-state index contributed by atoms with van der Waals surface area (Å²) >= 11 is 6.01. The number of aryl methyl sites for hydroxylation is 2. The molecule has 1 aliphatic heterocycles. The summed E-state index contributed by atoms with van der Waals surface area (Å²) in [6, 6.07) is 9.78. The summed E-state index contributed by atoms with van der Waals surface area (Å²) in [5.41, 5.74) is 3.04. The molecule has 0 amide bonds. The lowest BCUT2D eigenvalue weighted by atomic mass is 10.0. The zero-order valence-corrected chi connectivity index (χ0v) is 17.6. The molecule has 0 fully saturated rings. The van der Waals surface area contributed by atoms with Crippen LogP contribution in [0.2, 0.25) is 5.02 Å². The van der Waals surface area contributed by atoms with Gasteiger partial charge in [0.25, 0.3) is 5.56 Å². The summed E-state index contributed by atoms with van der Waals surface area (Å²) < 4.78 is 26.4. The Morgan fingerprint density at radius 3 is 2.60 bits per heavy atom. The molecule has 1 atom stereocenters. The van der Waals surface area contributed by atoms with Gasteiger partial charge in [-0.3, -0.25) is 4.79 Å². The molecule has 0 radical (unpaired) electrons. The molecule has 1 unspecified atom stereocenters. The highest BCUT2D eigenvalue weighted by Crippen LogP contribution is 2.38. The number of hydrogen-bond donors (Lipinski definition) is 1. The van der Waals surface area contributed by atoms with E-state index in [0.29, 0.717) is 23.9 Å². The van der Waals surface area contributed by atoms with Crippen molar-refractivity contribution < 1.29 is 13.9 Å². The van der Waals surface area contributed by atoms with E-state index in [1.54, 1.807) is 32.4 Å². The molecule has 1 aliphatic rings. The van der Waals surface area contributed by atoms with Gasteiger partial charge in [0, 0.05) is 23.5 Å². The quantitative estimate of drug-likeness (QED) is 0.640. The lowest BCUT2D eigenvalue weighted by Gasteiger charge is -2.21. The normalized spacial score (nSPS) is 15.0. The third kappa shape index (κ3) is 3.61. The highest BCUT2D eigenvalue weighted by Gasteiger charge is 2.27. The van der Waals surface area contributed by atoms with Crippen LogP contribution in [0.4, 0.5) is 16.0 Å². The largest absolute Gasteiger partial charge is 0.493 e. The van der Waals surface area contributed by atoms with E-state index in [9.17, 15) is 9.18 Å². The topological polar surface area (TPSA) is 65.4 Å². The molecule has 156 valence electrons. The van der Waals surface area contributed by atoms with Crippen molar-refractivity contribution in [3.8, 4) is 11.5 Å². The Kier molecular flexibility index (Phi) is 5.39. The Morgan fingerprint density at radius 1 is 1.17 bits per heavy atom. The number of benzene rings is 2. The third-order valence-electron chi connectivity index (χ3n) is 5.33. The van der Waals surface area contributed by atoms with E-state index in [1.807, 2.05) is 17.6 Å². The molecule has 8 heteroatoms. The van der Waals surface area contributed by atoms with Crippen molar-refractivity contribution in [2.24, 2.45) is 0 Å². The number of nitrogens with one attached hydrogen (secondary N) is 1. The molecule has 3 aromatic rings. The number of aromatic nitrogens is 2. The molecule has 4 rings (SSSR count). The minimum Gasteiger partial charge on any atom is -0.493 e. The maximum absolute atomic E-state index is 13.7. The molecule has 0 saturated heterocycles. The van der Waals surface area contributed by atoms with Crippen LogP contribution in [0.1, 0.15) is 29.3 Å². The van der Waals surface area contributed by atoms with Gasteiger partial charge in [-0.2, -0.15) is 4.98 Å². The van der Waals surface area contributed by atoms with Crippen molar-refractivity contribution in [3.05, 3.63) is 74.4 Å². The number of fused-ring (bicyclic) bond motifs is 1. The van der Waals surface area contributed by atoms with Gasteiger partial charge in [-0.15, -0.1) is 0 Å². The second-order valence-electron chi connectivity index (χ2n) is 7.15.